The number of hydrogen-bond donors (Lipinski definition) is 1. The SMILES string of the molecule is Cc1cc(C)c(C(=O)OCC(=O)c2ccc3c(c2)[C@@H](C)C(=O)N3)c(C)c1. The van der Waals surface area contributed by atoms with E-state index >= 15 is 0 Å². The van der Waals surface area contributed by atoms with Gasteiger partial charge in [0.15, 0.2) is 12.4 Å². The zero-order valence-corrected chi connectivity index (χ0v) is 15.3. The Balaban J connectivity index is 1.72. The molecule has 0 radical (unpaired) electrons. The van der Waals surface area contributed by atoms with E-state index in [1.54, 1.807) is 25.1 Å². The smallest absolute Gasteiger partial charge is 0.339 e. The zero-order valence-electron chi connectivity index (χ0n) is 15.3. The summed E-state index contributed by atoms with van der Waals surface area (Å²) in [5.74, 6) is -1.17. The first-order chi connectivity index (χ1) is 12.3. The van der Waals surface area contributed by atoms with Crippen LogP contribution in [-0.2, 0) is 9.53 Å². The third-order valence-electron chi connectivity index (χ3n) is 4.71. The van der Waals surface area contributed by atoms with Crippen LogP contribution in [0.25, 0.3) is 0 Å². The third-order valence-corrected chi connectivity index (χ3v) is 4.71. The van der Waals surface area contributed by atoms with Crippen molar-refractivity contribution in [3.05, 3.63) is 63.7 Å². The van der Waals surface area contributed by atoms with Gasteiger partial charge >= 0.3 is 5.97 Å². The lowest BCUT2D eigenvalue weighted by atomic mass is 9.99. The Bertz CT molecular complexity index is 907. The van der Waals surface area contributed by atoms with Crippen LogP contribution in [0.2, 0.25) is 0 Å². The summed E-state index contributed by atoms with van der Waals surface area (Å²) in [5.41, 5.74) is 5.17. The molecule has 1 aliphatic rings. The molecule has 0 spiro atoms. The summed E-state index contributed by atoms with van der Waals surface area (Å²) in [5, 5.41) is 2.77. The maximum absolute atomic E-state index is 12.4. The van der Waals surface area contributed by atoms with Crippen molar-refractivity contribution in [3.8, 4) is 0 Å². The van der Waals surface area contributed by atoms with Gasteiger partial charge in [0, 0.05) is 11.3 Å². The molecule has 0 aliphatic carbocycles. The number of Topliss-reactive ketones (excluding diaryl/α,β-unsaturated/α-hetero) is 1. The number of ether oxygens (including phenoxy) is 1. The fourth-order valence-electron chi connectivity index (χ4n) is 3.38. The van der Waals surface area contributed by atoms with Crippen LogP contribution in [0.3, 0.4) is 0 Å². The van der Waals surface area contributed by atoms with Crippen molar-refractivity contribution >= 4 is 23.3 Å². The van der Waals surface area contributed by atoms with Crippen LogP contribution in [-0.4, -0.2) is 24.3 Å². The summed E-state index contributed by atoms with van der Waals surface area (Å²) in [6.45, 7) is 7.13. The molecule has 134 valence electrons. The van der Waals surface area contributed by atoms with E-state index in [4.69, 9.17) is 4.74 Å². The van der Waals surface area contributed by atoms with Crippen LogP contribution in [0.1, 0.15) is 55.8 Å². The molecule has 0 bridgehead atoms. The largest absolute Gasteiger partial charge is 0.454 e. The molecule has 1 amide bonds. The van der Waals surface area contributed by atoms with Crippen LogP contribution in [0.15, 0.2) is 30.3 Å². The average molecular weight is 351 g/mol. The van der Waals surface area contributed by atoms with Gasteiger partial charge < -0.3 is 10.1 Å². The van der Waals surface area contributed by atoms with Crippen LogP contribution < -0.4 is 5.32 Å². The number of nitrogens with one attached hydrogen (secondary N) is 1. The van der Waals surface area contributed by atoms with Gasteiger partial charge in [-0.05, 0) is 62.6 Å². The molecule has 1 aliphatic heterocycles. The second-order valence-electron chi connectivity index (χ2n) is 6.79. The van der Waals surface area contributed by atoms with Crippen molar-refractivity contribution in [2.24, 2.45) is 0 Å². The lowest BCUT2D eigenvalue weighted by molar-refractivity contribution is -0.116. The molecule has 2 aromatic rings. The molecule has 0 fully saturated rings. The van der Waals surface area contributed by atoms with Crippen molar-refractivity contribution in [2.75, 3.05) is 11.9 Å². The van der Waals surface area contributed by atoms with Gasteiger partial charge in [-0.15, -0.1) is 0 Å². The van der Waals surface area contributed by atoms with Gasteiger partial charge in [-0.1, -0.05) is 17.7 Å². The number of esters is 1. The predicted molar refractivity (Wildman–Crippen MR) is 98.8 cm³/mol. The summed E-state index contributed by atoms with van der Waals surface area (Å²) in [6.07, 6.45) is 0. The quantitative estimate of drug-likeness (QED) is 0.673. The molecule has 0 aromatic heterocycles. The van der Waals surface area contributed by atoms with Crippen LogP contribution in [0, 0.1) is 20.8 Å². The molecular formula is C21H21NO4. The molecule has 5 nitrogen and oxygen atoms in total. The maximum atomic E-state index is 12.4. The van der Waals surface area contributed by atoms with E-state index in [1.807, 2.05) is 32.9 Å². The second kappa shape index (κ2) is 6.75. The summed E-state index contributed by atoms with van der Waals surface area (Å²) in [7, 11) is 0. The van der Waals surface area contributed by atoms with Crippen molar-refractivity contribution < 1.29 is 19.1 Å². The Morgan fingerprint density at radius 1 is 1.08 bits per heavy atom. The molecule has 0 unspecified atom stereocenters. The van der Waals surface area contributed by atoms with Gasteiger partial charge in [-0.3, -0.25) is 9.59 Å². The highest BCUT2D eigenvalue weighted by atomic mass is 16.5. The minimum absolute atomic E-state index is 0.0821. The number of hydrogen-bond acceptors (Lipinski definition) is 4. The lowest BCUT2D eigenvalue weighted by Crippen LogP contribution is -2.16. The number of rotatable bonds is 4. The number of aryl methyl sites for hydroxylation is 3. The highest BCUT2D eigenvalue weighted by Crippen LogP contribution is 2.32. The van der Waals surface area contributed by atoms with Gasteiger partial charge in [0.2, 0.25) is 5.91 Å². The van der Waals surface area contributed by atoms with Crippen molar-refractivity contribution in [2.45, 2.75) is 33.6 Å². The van der Waals surface area contributed by atoms with E-state index in [9.17, 15) is 14.4 Å². The van der Waals surface area contributed by atoms with Crippen molar-refractivity contribution in [1.82, 2.24) is 0 Å². The fourth-order valence-corrected chi connectivity index (χ4v) is 3.38. The van der Waals surface area contributed by atoms with E-state index in [0.29, 0.717) is 11.1 Å². The van der Waals surface area contributed by atoms with E-state index in [2.05, 4.69) is 5.32 Å². The summed E-state index contributed by atoms with van der Waals surface area (Å²) in [4.78, 5) is 36.5. The standard InChI is InChI=1S/C21H21NO4/c1-11-7-12(2)19(13(3)8-11)21(25)26-10-18(23)15-5-6-17-16(9-15)14(4)20(24)22-17/h5-9,14H,10H2,1-4H3,(H,22,24)/t14-/m1/s1. The van der Waals surface area contributed by atoms with E-state index < -0.39 is 5.97 Å². The normalized spacial score (nSPS) is 15.4. The van der Waals surface area contributed by atoms with Crippen molar-refractivity contribution in [3.63, 3.8) is 0 Å². The number of carbonyl (C=O) groups is 3. The molecule has 2 aromatic carbocycles. The molecule has 26 heavy (non-hydrogen) atoms. The zero-order chi connectivity index (χ0) is 19.0. The first-order valence-corrected chi connectivity index (χ1v) is 8.51. The number of anilines is 1. The molecule has 0 saturated heterocycles. The molecule has 3 rings (SSSR count). The van der Waals surface area contributed by atoms with Crippen LogP contribution in [0.5, 0.6) is 0 Å². The lowest BCUT2D eigenvalue weighted by Gasteiger charge is -2.11. The fraction of sp³-hybridized carbons (Fsp3) is 0.286. The predicted octanol–water partition coefficient (Wildman–Crippen LogP) is 3.71. The van der Waals surface area contributed by atoms with Crippen LogP contribution >= 0.6 is 0 Å². The highest BCUT2D eigenvalue weighted by Gasteiger charge is 2.27. The Morgan fingerprint density at radius 2 is 1.73 bits per heavy atom. The van der Waals surface area contributed by atoms with E-state index in [0.717, 1.165) is 27.9 Å². The second-order valence-corrected chi connectivity index (χ2v) is 6.79. The van der Waals surface area contributed by atoms with E-state index in [-0.39, 0.29) is 24.2 Å². The minimum atomic E-state index is -0.500. The monoisotopic (exact) mass is 351 g/mol. The molecule has 1 N–H and O–H groups in total. The minimum Gasteiger partial charge on any atom is -0.454 e. The Kier molecular flexibility index (Phi) is 4.64. The Morgan fingerprint density at radius 3 is 2.38 bits per heavy atom. The molecule has 1 heterocycles. The van der Waals surface area contributed by atoms with Gasteiger partial charge in [-0.2, -0.15) is 0 Å². The average Bonchev–Trinajstić information content (AvgIpc) is 2.85. The number of fused-ring (bicyclic) bond motifs is 1. The molecule has 5 heteroatoms. The molecule has 1 atom stereocenters. The Hall–Kier alpha value is -2.95. The Labute approximate surface area is 152 Å². The number of ketones is 1. The number of carbonyl (C=O) groups excluding carboxylic acids is 3. The van der Waals surface area contributed by atoms with Gasteiger partial charge in [0.25, 0.3) is 0 Å². The number of benzene rings is 2. The van der Waals surface area contributed by atoms with Gasteiger partial charge in [-0.25, -0.2) is 4.79 Å². The summed E-state index contributed by atoms with van der Waals surface area (Å²) < 4.78 is 5.24. The first-order valence-electron chi connectivity index (χ1n) is 8.51. The molecule has 0 saturated carbocycles. The number of amides is 1. The van der Waals surface area contributed by atoms with Gasteiger partial charge in [0.1, 0.15) is 0 Å². The third kappa shape index (κ3) is 3.25. The highest BCUT2D eigenvalue weighted by molar-refractivity contribution is 6.05. The summed E-state index contributed by atoms with van der Waals surface area (Å²) in [6, 6.07) is 8.86. The first kappa shape index (κ1) is 17.9. The topological polar surface area (TPSA) is 72.5 Å². The maximum Gasteiger partial charge on any atom is 0.339 e. The molecular weight excluding hydrogens is 330 g/mol. The van der Waals surface area contributed by atoms with Crippen LogP contribution in [0.4, 0.5) is 5.69 Å². The van der Waals surface area contributed by atoms with Crippen molar-refractivity contribution in [1.29, 1.82) is 0 Å². The van der Waals surface area contributed by atoms with Gasteiger partial charge in [0.05, 0.1) is 11.5 Å². The van der Waals surface area contributed by atoms with E-state index in [1.165, 1.54) is 0 Å². The summed E-state index contributed by atoms with van der Waals surface area (Å²) >= 11 is 0.